The molecule has 0 saturated heterocycles. The molecule has 1 aromatic carbocycles. The summed E-state index contributed by atoms with van der Waals surface area (Å²) in [7, 11) is 0. The van der Waals surface area contributed by atoms with Gasteiger partial charge in [-0.2, -0.15) is 0 Å². The Labute approximate surface area is 93.7 Å². The molecule has 0 N–H and O–H groups in total. The second kappa shape index (κ2) is 7.12. The van der Waals surface area contributed by atoms with Gasteiger partial charge in [0.2, 0.25) is 0 Å². The lowest BCUT2D eigenvalue weighted by atomic mass is 10.1. The highest BCUT2D eigenvalue weighted by Crippen LogP contribution is 2.06. The first-order chi connectivity index (χ1) is 7.36. The maximum Gasteiger partial charge on any atom is 0.0129 e. The Balaban J connectivity index is 2.35. The van der Waals surface area contributed by atoms with Gasteiger partial charge in [-0.15, -0.1) is 11.8 Å². The van der Waals surface area contributed by atoms with Gasteiger partial charge in [-0.25, -0.2) is 0 Å². The molecular weight excluding hydrogens is 180 g/mol. The minimum absolute atomic E-state index is 0.992. The van der Waals surface area contributed by atoms with E-state index in [2.05, 4.69) is 50.0 Å². The van der Waals surface area contributed by atoms with E-state index in [9.17, 15) is 0 Å². The van der Waals surface area contributed by atoms with E-state index in [0.717, 1.165) is 32.1 Å². The standard InChI is InChI=1S/C15H20/c1-3-5-6-7-8-9-15-12-10-14(4-2)11-13-15/h10-13H,3-5,8-9H2,1-2H3. The molecule has 0 fully saturated rings. The molecule has 0 unspecified atom stereocenters. The second-order valence-electron chi connectivity index (χ2n) is 3.77. The zero-order chi connectivity index (χ0) is 10.9. The van der Waals surface area contributed by atoms with Crippen LogP contribution in [0.3, 0.4) is 0 Å². The molecule has 0 bridgehead atoms. The van der Waals surface area contributed by atoms with Crippen molar-refractivity contribution >= 4 is 0 Å². The summed E-state index contributed by atoms with van der Waals surface area (Å²) in [5.41, 5.74) is 2.81. The fraction of sp³-hybridized carbons (Fsp3) is 0.467. The molecule has 15 heavy (non-hydrogen) atoms. The van der Waals surface area contributed by atoms with Crippen molar-refractivity contribution in [2.45, 2.75) is 46.0 Å². The SMILES string of the molecule is CCCC#CCCc1ccc(CC)cc1. The molecule has 80 valence electrons. The Morgan fingerprint density at radius 2 is 1.47 bits per heavy atom. The van der Waals surface area contributed by atoms with Gasteiger partial charge >= 0.3 is 0 Å². The Bertz CT molecular complexity index is 321. The molecule has 0 heteroatoms. The van der Waals surface area contributed by atoms with Crippen molar-refractivity contribution in [2.75, 3.05) is 0 Å². The van der Waals surface area contributed by atoms with Crippen molar-refractivity contribution in [3.63, 3.8) is 0 Å². The molecule has 0 nitrogen and oxygen atoms in total. The van der Waals surface area contributed by atoms with Crippen LogP contribution in [0.1, 0.15) is 44.2 Å². The van der Waals surface area contributed by atoms with Gasteiger partial charge in [-0.05, 0) is 30.4 Å². The summed E-state index contributed by atoms with van der Waals surface area (Å²) in [5, 5.41) is 0. The minimum Gasteiger partial charge on any atom is -0.103 e. The predicted molar refractivity (Wildman–Crippen MR) is 66.8 cm³/mol. The molecular formula is C15H20. The third kappa shape index (κ3) is 4.70. The lowest BCUT2D eigenvalue weighted by Gasteiger charge is -1.99. The summed E-state index contributed by atoms with van der Waals surface area (Å²) in [4.78, 5) is 0. The van der Waals surface area contributed by atoms with Crippen LogP contribution in [0.15, 0.2) is 24.3 Å². The van der Waals surface area contributed by atoms with E-state index >= 15 is 0 Å². The Hall–Kier alpha value is -1.22. The highest BCUT2D eigenvalue weighted by Gasteiger charge is 1.91. The quantitative estimate of drug-likeness (QED) is 0.645. The summed E-state index contributed by atoms with van der Waals surface area (Å²) < 4.78 is 0. The largest absolute Gasteiger partial charge is 0.103 e. The van der Waals surface area contributed by atoms with Gasteiger partial charge in [0.15, 0.2) is 0 Å². The van der Waals surface area contributed by atoms with Crippen LogP contribution in [-0.4, -0.2) is 0 Å². The molecule has 0 radical (unpaired) electrons. The lowest BCUT2D eigenvalue weighted by Crippen LogP contribution is -1.85. The molecule has 0 atom stereocenters. The first-order valence-corrected chi connectivity index (χ1v) is 5.90. The number of unbranched alkanes of at least 4 members (excludes halogenated alkanes) is 1. The summed E-state index contributed by atoms with van der Waals surface area (Å²) >= 11 is 0. The van der Waals surface area contributed by atoms with Crippen LogP contribution in [0.5, 0.6) is 0 Å². The third-order valence-corrected chi connectivity index (χ3v) is 2.47. The molecule has 0 aliphatic heterocycles. The van der Waals surface area contributed by atoms with Gasteiger partial charge in [0, 0.05) is 12.8 Å². The number of rotatable bonds is 4. The average Bonchev–Trinajstić information content (AvgIpc) is 2.30. The van der Waals surface area contributed by atoms with Crippen LogP contribution >= 0.6 is 0 Å². The van der Waals surface area contributed by atoms with E-state index in [1.54, 1.807) is 0 Å². The highest BCUT2D eigenvalue weighted by atomic mass is 14.0. The van der Waals surface area contributed by atoms with E-state index in [0.29, 0.717) is 0 Å². The van der Waals surface area contributed by atoms with Crippen LogP contribution < -0.4 is 0 Å². The van der Waals surface area contributed by atoms with Crippen molar-refractivity contribution in [1.82, 2.24) is 0 Å². The fourth-order valence-corrected chi connectivity index (χ4v) is 1.45. The Morgan fingerprint density at radius 3 is 2.07 bits per heavy atom. The summed E-state index contributed by atoms with van der Waals surface area (Å²) in [5.74, 6) is 6.39. The molecule has 0 saturated carbocycles. The van der Waals surface area contributed by atoms with E-state index in [4.69, 9.17) is 0 Å². The monoisotopic (exact) mass is 200 g/mol. The highest BCUT2D eigenvalue weighted by molar-refractivity contribution is 5.23. The van der Waals surface area contributed by atoms with Crippen molar-refractivity contribution in [1.29, 1.82) is 0 Å². The summed E-state index contributed by atoms with van der Waals surface area (Å²) in [6.07, 6.45) is 5.40. The predicted octanol–water partition coefficient (Wildman–Crippen LogP) is 3.99. The molecule has 0 spiro atoms. The molecule has 1 aromatic rings. The number of hydrogen-bond donors (Lipinski definition) is 0. The van der Waals surface area contributed by atoms with Crippen LogP contribution in [0.4, 0.5) is 0 Å². The van der Waals surface area contributed by atoms with Crippen molar-refractivity contribution in [3.05, 3.63) is 35.4 Å². The normalized spacial score (nSPS) is 9.47. The van der Waals surface area contributed by atoms with Crippen molar-refractivity contribution in [2.24, 2.45) is 0 Å². The number of hydrogen-bond acceptors (Lipinski definition) is 0. The van der Waals surface area contributed by atoms with E-state index in [1.807, 2.05) is 0 Å². The van der Waals surface area contributed by atoms with Crippen LogP contribution in [-0.2, 0) is 12.8 Å². The van der Waals surface area contributed by atoms with Gasteiger partial charge in [-0.1, -0.05) is 38.1 Å². The maximum absolute atomic E-state index is 3.21. The second-order valence-corrected chi connectivity index (χ2v) is 3.77. The first-order valence-electron chi connectivity index (χ1n) is 5.90. The van der Waals surface area contributed by atoms with E-state index < -0.39 is 0 Å². The number of benzene rings is 1. The van der Waals surface area contributed by atoms with Crippen LogP contribution in [0.25, 0.3) is 0 Å². The van der Waals surface area contributed by atoms with Crippen LogP contribution in [0.2, 0.25) is 0 Å². The van der Waals surface area contributed by atoms with Crippen molar-refractivity contribution < 1.29 is 0 Å². The van der Waals surface area contributed by atoms with E-state index in [1.165, 1.54) is 11.1 Å². The first kappa shape index (κ1) is 11.9. The molecule has 0 heterocycles. The average molecular weight is 200 g/mol. The fourth-order valence-electron chi connectivity index (χ4n) is 1.45. The molecule has 0 amide bonds. The van der Waals surface area contributed by atoms with Crippen molar-refractivity contribution in [3.8, 4) is 11.8 Å². The van der Waals surface area contributed by atoms with Gasteiger partial charge < -0.3 is 0 Å². The van der Waals surface area contributed by atoms with Gasteiger partial charge in [-0.3, -0.25) is 0 Å². The summed E-state index contributed by atoms with van der Waals surface area (Å²) in [6, 6.07) is 8.88. The van der Waals surface area contributed by atoms with Gasteiger partial charge in [0.25, 0.3) is 0 Å². The van der Waals surface area contributed by atoms with Crippen LogP contribution in [0, 0.1) is 11.8 Å². The van der Waals surface area contributed by atoms with E-state index in [-0.39, 0.29) is 0 Å². The smallest absolute Gasteiger partial charge is 0.0129 e. The minimum atomic E-state index is 0.992. The Kier molecular flexibility index (Phi) is 5.63. The lowest BCUT2D eigenvalue weighted by molar-refractivity contribution is 0.973. The molecule has 0 aliphatic carbocycles. The zero-order valence-corrected chi connectivity index (χ0v) is 9.84. The zero-order valence-electron chi connectivity index (χ0n) is 9.84. The molecule has 1 rings (SSSR count). The summed E-state index contributed by atoms with van der Waals surface area (Å²) in [6.45, 7) is 4.35. The van der Waals surface area contributed by atoms with Gasteiger partial charge in [0.1, 0.15) is 0 Å². The third-order valence-electron chi connectivity index (χ3n) is 2.47. The maximum atomic E-state index is 3.21. The molecule has 0 aliphatic rings. The van der Waals surface area contributed by atoms with Gasteiger partial charge in [0.05, 0.1) is 0 Å². The number of aryl methyl sites for hydroxylation is 2. The molecule has 0 aromatic heterocycles. The topological polar surface area (TPSA) is 0 Å². The Morgan fingerprint density at radius 1 is 0.867 bits per heavy atom.